The molecule has 2 aromatic heterocycles. The van der Waals surface area contributed by atoms with E-state index in [4.69, 9.17) is 0 Å². The van der Waals surface area contributed by atoms with Gasteiger partial charge in [-0.1, -0.05) is 30.3 Å². The number of quaternary nitrogens is 1. The molecule has 0 spiro atoms. The van der Waals surface area contributed by atoms with E-state index < -0.39 is 31.3 Å². The number of fused-ring (bicyclic) bond motifs is 3. The molecule has 2 saturated heterocycles. The van der Waals surface area contributed by atoms with Gasteiger partial charge >= 0.3 is 0 Å². The van der Waals surface area contributed by atoms with Crippen LogP contribution in [-0.2, 0) is 19.7 Å². The number of hydrogen-bond donors (Lipinski definition) is 1. The van der Waals surface area contributed by atoms with Crippen LogP contribution in [0, 0.1) is 27.0 Å². The van der Waals surface area contributed by atoms with Gasteiger partial charge in [0.1, 0.15) is 11.6 Å². The molecule has 0 amide bonds. The molecule has 4 heterocycles. The predicted octanol–water partition coefficient (Wildman–Crippen LogP) is 2.65. The summed E-state index contributed by atoms with van der Waals surface area (Å²) in [7, 11) is -7.51. The van der Waals surface area contributed by atoms with E-state index in [2.05, 4.69) is 48.8 Å². The average Bonchev–Trinajstić information content (AvgIpc) is 3.71. The summed E-state index contributed by atoms with van der Waals surface area (Å²) in [6.07, 6.45) is 2.72. The summed E-state index contributed by atoms with van der Waals surface area (Å²) >= 11 is 2.15. The van der Waals surface area contributed by atoms with Crippen molar-refractivity contribution in [3.05, 3.63) is 125 Å². The van der Waals surface area contributed by atoms with E-state index in [-0.39, 0.29) is 32.0 Å². The van der Waals surface area contributed by atoms with Crippen LogP contribution in [0.4, 0.5) is 14.5 Å². The van der Waals surface area contributed by atoms with E-state index in [0.29, 0.717) is 11.8 Å². The molecule has 0 aliphatic carbocycles. The van der Waals surface area contributed by atoms with Crippen molar-refractivity contribution in [3.63, 3.8) is 0 Å². The number of rotatable bonds is 5. The Labute approximate surface area is 308 Å². The number of nitrogens with two attached hydrogens (primary N) is 1. The number of sulfone groups is 2. The van der Waals surface area contributed by atoms with Gasteiger partial charge in [-0.2, -0.15) is 0 Å². The molecule has 0 bridgehead atoms. The van der Waals surface area contributed by atoms with Gasteiger partial charge in [-0.15, -0.1) is 0 Å². The Kier molecular flexibility index (Phi) is 10.4. The van der Waals surface area contributed by atoms with Gasteiger partial charge in [0.2, 0.25) is 19.7 Å². The molecule has 2 fully saturated rings. The Morgan fingerprint density at radius 1 is 0.640 bits per heavy atom. The van der Waals surface area contributed by atoms with Gasteiger partial charge in [0.05, 0.1) is 49.4 Å². The zero-order chi connectivity index (χ0) is 34.3. The third-order valence-corrected chi connectivity index (χ3v) is 13.3. The second kappa shape index (κ2) is 14.5. The van der Waals surface area contributed by atoms with Crippen LogP contribution in [0.5, 0.6) is 0 Å². The van der Waals surface area contributed by atoms with Crippen LogP contribution in [0.1, 0.15) is 0 Å². The fourth-order valence-electron chi connectivity index (χ4n) is 6.49. The van der Waals surface area contributed by atoms with E-state index in [1.54, 1.807) is 18.2 Å². The zero-order valence-corrected chi connectivity index (χ0v) is 30.8. The Morgan fingerprint density at radius 2 is 1.20 bits per heavy atom. The van der Waals surface area contributed by atoms with Gasteiger partial charge in [0.15, 0.2) is 0 Å². The first-order valence-corrected chi connectivity index (χ1v) is 19.6. The van der Waals surface area contributed by atoms with Crippen molar-refractivity contribution in [1.29, 1.82) is 0 Å². The SMILES string of the molecule is O=S(=O)(c1ccc(F)cc1)c1cnc2c(N3CC4C[NH2+]CC4C3)cccc2c1.O=S(=O)(c1cccc(F)c1)c1cnc2c(I)cccc2c1.[Cl-]. The number of para-hydroxylation sites is 2. The van der Waals surface area contributed by atoms with Gasteiger partial charge in [-0.05, 0) is 89.3 Å². The summed E-state index contributed by atoms with van der Waals surface area (Å²) in [6.45, 7) is 4.41. The van der Waals surface area contributed by atoms with Crippen molar-refractivity contribution in [2.75, 3.05) is 31.1 Å². The van der Waals surface area contributed by atoms with Crippen molar-refractivity contribution >= 4 is 69.8 Å². The van der Waals surface area contributed by atoms with Crippen LogP contribution in [0.2, 0.25) is 0 Å². The summed E-state index contributed by atoms with van der Waals surface area (Å²) in [4.78, 5) is 11.3. The summed E-state index contributed by atoms with van der Waals surface area (Å²) in [5.41, 5.74) is 2.64. The molecule has 258 valence electrons. The highest BCUT2D eigenvalue weighted by Gasteiger charge is 2.39. The highest BCUT2D eigenvalue weighted by atomic mass is 127. The molecule has 50 heavy (non-hydrogen) atoms. The van der Waals surface area contributed by atoms with Crippen LogP contribution >= 0.6 is 22.6 Å². The van der Waals surface area contributed by atoms with Crippen LogP contribution in [-0.4, -0.2) is 53.0 Å². The lowest BCUT2D eigenvalue weighted by Gasteiger charge is -2.21. The molecular weight excluding hydrogens is 817 g/mol. The van der Waals surface area contributed by atoms with Gasteiger partial charge < -0.3 is 22.6 Å². The number of nitrogens with zero attached hydrogens (tertiary/aromatic N) is 3. The largest absolute Gasteiger partial charge is 1.00 e. The molecule has 4 aromatic carbocycles. The number of benzene rings is 4. The summed E-state index contributed by atoms with van der Waals surface area (Å²) in [5, 5.41) is 3.92. The maximum Gasteiger partial charge on any atom is 0.208 e. The first kappa shape index (κ1) is 36.0. The standard InChI is InChI=1S/C21H20FN3O2S.C15H9FINO2S.ClH/c22-17-4-6-18(7-5-17)28(26,27)19-8-14-2-1-3-20(21(14)24-11-19)25-12-15-9-23-10-16(15)13-25;16-11-4-2-5-12(8-11)21(19,20)13-7-10-3-1-6-14(17)15(10)18-9-13;/h1-8,11,15-16,23H,9-10,12-13H2;1-9H;1H. The summed E-state index contributed by atoms with van der Waals surface area (Å²) < 4.78 is 78.1. The molecule has 2 aliphatic heterocycles. The van der Waals surface area contributed by atoms with E-state index in [0.717, 1.165) is 62.4 Å². The molecule has 2 unspecified atom stereocenters. The number of hydrogen-bond acceptors (Lipinski definition) is 7. The van der Waals surface area contributed by atoms with Crippen molar-refractivity contribution < 1.29 is 43.3 Å². The average molecular weight is 847 g/mol. The Bertz CT molecular complexity index is 2430. The summed E-state index contributed by atoms with van der Waals surface area (Å²) in [6, 6.07) is 24.5. The van der Waals surface area contributed by atoms with Crippen molar-refractivity contribution in [3.8, 4) is 0 Å². The number of anilines is 1. The summed E-state index contributed by atoms with van der Waals surface area (Å²) in [5.74, 6) is 0.384. The van der Waals surface area contributed by atoms with Crippen LogP contribution < -0.4 is 22.6 Å². The molecule has 14 heteroatoms. The Hall–Kier alpha value is -3.76. The molecular formula is C36H30ClF2IN4O4S2. The second-order valence-corrected chi connectivity index (χ2v) is 17.2. The molecule has 8 nitrogen and oxygen atoms in total. The van der Waals surface area contributed by atoms with E-state index in [1.165, 1.54) is 55.8 Å². The minimum atomic E-state index is -3.77. The molecule has 2 N–H and O–H groups in total. The molecule has 6 aromatic rings. The van der Waals surface area contributed by atoms with Crippen LogP contribution in [0.3, 0.4) is 0 Å². The van der Waals surface area contributed by atoms with Gasteiger partial charge in [0.25, 0.3) is 0 Å². The lowest BCUT2D eigenvalue weighted by atomic mass is 10.0. The fraction of sp³-hybridized carbons (Fsp3) is 0.167. The lowest BCUT2D eigenvalue weighted by Crippen LogP contribution is -3.00. The van der Waals surface area contributed by atoms with Gasteiger partial charge in [0, 0.05) is 51.7 Å². The number of pyridine rings is 2. The van der Waals surface area contributed by atoms with Crippen molar-refractivity contribution in [2.45, 2.75) is 19.6 Å². The van der Waals surface area contributed by atoms with E-state index in [1.807, 2.05) is 24.3 Å². The topological polar surface area (TPSA) is 114 Å². The normalized spacial score (nSPS) is 17.2. The Balaban J connectivity index is 0.000000177. The quantitative estimate of drug-likeness (QED) is 0.210. The van der Waals surface area contributed by atoms with Gasteiger partial charge in [-0.25, -0.2) is 25.6 Å². The lowest BCUT2D eigenvalue weighted by molar-refractivity contribution is -0.640. The smallest absolute Gasteiger partial charge is 0.208 e. The van der Waals surface area contributed by atoms with Crippen LogP contribution in [0.15, 0.2) is 129 Å². The van der Waals surface area contributed by atoms with Crippen molar-refractivity contribution in [1.82, 2.24) is 9.97 Å². The molecule has 8 rings (SSSR count). The number of halogens is 4. The van der Waals surface area contributed by atoms with E-state index in [9.17, 15) is 25.6 Å². The first-order valence-electron chi connectivity index (χ1n) is 15.5. The number of aromatic nitrogens is 2. The second-order valence-electron chi connectivity index (χ2n) is 12.1. The maximum atomic E-state index is 13.2. The minimum Gasteiger partial charge on any atom is -1.00 e. The Morgan fingerprint density at radius 3 is 1.84 bits per heavy atom. The fourth-order valence-corrected chi connectivity index (χ4v) is 9.66. The highest BCUT2D eigenvalue weighted by molar-refractivity contribution is 14.1. The zero-order valence-electron chi connectivity index (χ0n) is 26.3. The molecule has 0 saturated carbocycles. The monoisotopic (exact) mass is 846 g/mol. The predicted molar refractivity (Wildman–Crippen MR) is 191 cm³/mol. The van der Waals surface area contributed by atoms with Crippen LogP contribution in [0.25, 0.3) is 21.8 Å². The first-order chi connectivity index (χ1) is 23.5. The molecule has 0 radical (unpaired) electrons. The van der Waals surface area contributed by atoms with Gasteiger partial charge in [-0.3, -0.25) is 9.97 Å². The third kappa shape index (κ3) is 7.06. The minimum absolute atomic E-state index is 0. The third-order valence-electron chi connectivity index (χ3n) is 9.01. The molecule has 2 atom stereocenters. The highest BCUT2D eigenvalue weighted by Crippen LogP contribution is 2.34. The van der Waals surface area contributed by atoms with Crippen molar-refractivity contribution in [2.24, 2.45) is 11.8 Å². The maximum absolute atomic E-state index is 13.2. The van der Waals surface area contributed by atoms with E-state index >= 15 is 0 Å². The molecule has 2 aliphatic rings.